The van der Waals surface area contributed by atoms with Gasteiger partial charge in [-0.1, -0.05) is 6.07 Å². The van der Waals surface area contributed by atoms with Crippen LogP contribution in [-0.2, 0) is 11.3 Å². The zero-order chi connectivity index (χ0) is 19.5. The Balaban J connectivity index is 1.59. The van der Waals surface area contributed by atoms with Crippen LogP contribution in [0.3, 0.4) is 0 Å². The van der Waals surface area contributed by atoms with E-state index in [-0.39, 0.29) is 11.8 Å². The summed E-state index contributed by atoms with van der Waals surface area (Å²) in [6.07, 6.45) is 9.35. The highest BCUT2D eigenvalue weighted by molar-refractivity contribution is 5.99. The average molecular weight is 378 g/mol. The molecule has 3 aromatic rings. The Kier molecular flexibility index (Phi) is 5.01. The van der Waals surface area contributed by atoms with Crippen molar-refractivity contribution in [1.29, 1.82) is 0 Å². The number of hydrogen-bond donors (Lipinski definition) is 1. The fourth-order valence-electron chi connectivity index (χ4n) is 3.65. The normalized spacial score (nSPS) is 16.9. The summed E-state index contributed by atoms with van der Waals surface area (Å²) in [7, 11) is 1.60. The van der Waals surface area contributed by atoms with E-state index in [1.165, 1.54) is 0 Å². The molecular weight excluding hydrogens is 356 g/mol. The van der Waals surface area contributed by atoms with Crippen LogP contribution in [0.25, 0.3) is 11.2 Å². The second-order valence-electron chi connectivity index (χ2n) is 6.92. The van der Waals surface area contributed by atoms with E-state index in [1.807, 2.05) is 16.7 Å². The first kappa shape index (κ1) is 18.1. The maximum Gasteiger partial charge on any atom is 0.256 e. The zero-order valence-electron chi connectivity index (χ0n) is 15.7. The predicted molar refractivity (Wildman–Crippen MR) is 104 cm³/mol. The third kappa shape index (κ3) is 3.45. The second-order valence-corrected chi connectivity index (χ2v) is 6.92. The molecule has 1 unspecified atom stereocenters. The van der Waals surface area contributed by atoms with Gasteiger partial charge >= 0.3 is 0 Å². The van der Waals surface area contributed by atoms with E-state index in [1.54, 1.807) is 42.9 Å². The Hall–Kier alpha value is -3.29. The summed E-state index contributed by atoms with van der Waals surface area (Å²) in [4.78, 5) is 39.9. The van der Waals surface area contributed by atoms with Crippen molar-refractivity contribution in [3.8, 4) is 0 Å². The maximum atomic E-state index is 13.0. The molecule has 8 heteroatoms. The van der Waals surface area contributed by atoms with Crippen molar-refractivity contribution in [3.63, 3.8) is 0 Å². The lowest BCUT2D eigenvalue weighted by Gasteiger charge is -2.34. The third-order valence-corrected chi connectivity index (χ3v) is 5.09. The molecule has 0 spiro atoms. The lowest BCUT2D eigenvalue weighted by Crippen LogP contribution is -2.51. The first-order valence-corrected chi connectivity index (χ1v) is 9.39. The SMILES string of the molecule is CNC(=O)C1CCCCN1C(=O)c1cnc2c(c1)ncn2Cc1cccnc1. The number of fused-ring (bicyclic) bond motifs is 1. The summed E-state index contributed by atoms with van der Waals surface area (Å²) in [6.45, 7) is 1.18. The van der Waals surface area contributed by atoms with Crippen LogP contribution >= 0.6 is 0 Å². The van der Waals surface area contributed by atoms with Crippen molar-refractivity contribution >= 4 is 23.0 Å². The molecule has 4 heterocycles. The highest BCUT2D eigenvalue weighted by Gasteiger charge is 2.32. The molecule has 2 amide bonds. The molecule has 0 bridgehead atoms. The van der Waals surface area contributed by atoms with Gasteiger partial charge in [-0.3, -0.25) is 14.6 Å². The van der Waals surface area contributed by atoms with Crippen LogP contribution in [0, 0.1) is 0 Å². The molecule has 0 aromatic carbocycles. The summed E-state index contributed by atoms with van der Waals surface area (Å²) in [5.41, 5.74) is 2.87. The summed E-state index contributed by atoms with van der Waals surface area (Å²) in [5, 5.41) is 2.66. The number of amides is 2. The molecule has 1 aliphatic heterocycles. The van der Waals surface area contributed by atoms with Gasteiger partial charge in [0.05, 0.1) is 18.4 Å². The monoisotopic (exact) mass is 378 g/mol. The minimum atomic E-state index is -0.426. The topological polar surface area (TPSA) is 93.0 Å². The third-order valence-electron chi connectivity index (χ3n) is 5.09. The van der Waals surface area contributed by atoms with Crippen molar-refractivity contribution in [2.24, 2.45) is 0 Å². The lowest BCUT2D eigenvalue weighted by molar-refractivity contribution is -0.126. The van der Waals surface area contributed by atoms with E-state index < -0.39 is 6.04 Å². The van der Waals surface area contributed by atoms with Crippen molar-refractivity contribution in [2.75, 3.05) is 13.6 Å². The van der Waals surface area contributed by atoms with E-state index in [0.29, 0.717) is 36.2 Å². The van der Waals surface area contributed by atoms with Crippen LogP contribution in [0.15, 0.2) is 43.1 Å². The smallest absolute Gasteiger partial charge is 0.256 e. The van der Waals surface area contributed by atoms with Crippen LogP contribution in [0.5, 0.6) is 0 Å². The second kappa shape index (κ2) is 7.75. The molecule has 3 aromatic heterocycles. The van der Waals surface area contributed by atoms with Gasteiger partial charge in [0, 0.05) is 32.2 Å². The standard InChI is InChI=1S/C20H22N6O2/c1-21-19(27)17-6-2-3-8-26(17)20(28)15-9-16-18(23-11-15)25(13-24-16)12-14-5-4-7-22-10-14/h4-5,7,9-11,13,17H,2-3,6,8,12H2,1H3,(H,21,27). The van der Waals surface area contributed by atoms with Crippen molar-refractivity contribution in [1.82, 2.24) is 29.7 Å². The Morgan fingerprint density at radius 1 is 1.25 bits per heavy atom. The lowest BCUT2D eigenvalue weighted by atomic mass is 10.0. The van der Waals surface area contributed by atoms with E-state index >= 15 is 0 Å². The molecular formula is C20H22N6O2. The highest BCUT2D eigenvalue weighted by Crippen LogP contribution is 2.21. The van der Waals surface area contributed by atoms with Crippen LogP contribution < -0.4 is 5.32 Å². The summed E-state index contributed by atoms with van der Waals surface area (Å²) >= 11 is 0. The number of carbonyl (C=O) groups is 2. The number of carbonyl (C=O) groups excluding carboxylic acids is 2. The molecule has 28 heavy (non-hydrogen) atoms. The van der Waals surface area contributed by atoms with Crippen LogP contribution in [0.1, 0.15) is 35.2 Å². The Labute approximate surface area is 162 Å². The van der Waals surface area contributed by atoms with Crippen molar-refractivity contribution in [3.05, 3.63) is 54.2 Å². The van der Waals surface area contributed by atoms with E-state index in [2.05, 4.69) is 20.3 Å². The number of hydrogen-bond acceptors (Lipinski definition) is 5. The van der Waals surface area contributed by atoms with Crippen LogP contribution in [0.4, 0.5) is 0 Å². The van der Waals surface area contributed by atoms with Gasteiger partial charge in [0.1, 0.15) is 11.6 Å². The van der Waals surface area contributed by atoms with Gasteiger partial charge < -0.3 is 14.8 Å². The molecule has 1 saturated heterocycles. The van der Waals surface area contributed by atoms with E-state index in [9.17, 15) is 9.59 Å². The largest absolute Gasteiger partial charge is 0.357 e. The fourth-order valence-corrected chi connectivity index (χ4v) is 3.65. The highest BCUT2D eigenvalue weighted by atomic mass is 16.2. The Morgan fingerprint density at radius 3 is 2.93 bits per heavy atom. The molecule has 1 N–H and O–H groups in total. The summed E-state index contributed by atoms with van der Waals surface area (Å²) in [6, 6.07) is 5.21. The summed E-state index contributed by atoms with van der Waals surface area (Å²) in [5.74, 6) is -0.299. The number of pyridine rings is 2. The molecule has 0 saturated carbocycles. The number of nitrogens with zero attached hydrogens (tertiary/aromatic N) is 5. The van der Waals surface area contributed by atoms with Crippen molar-refractivity contribution < 1.29 is 9.59 Å². The van der Waals surface area contributed by atoms with E-state index in [4.69, 9.17) is 0 Å². The maximum absolute atomic E-state index is 13.0. The molecule has 0 radical (unpaired) electrons. The van der Waals surface area contributed by atoms with Crippen molar-refractivity contribution in [2.45, 2.75) is 31.8 Å². The van der Waals surface area contributed by atoms with Crippen LogP contribution in [0.2, 0.25) is 0 Å². The first-order valence-electron chi connectivity index (χ1n) is 9.39. The predicted octanol–water partition coefficient (Wildman–Crippen LogP) is 1.62. The molecule has 8 nitrogen and oxygen atoms in total. The van der Waals surface area contributed by atoms with Gasteiger partial charge in [0.25, 0.3) is 5.91 Å². The average Bonchev–Trinajstić information content (AvgIpc) is 3.15. The fraction of sp³-hybridized carbons (Fsp3) is 0.350. The first-order chi connectivity index (χ1) is 13.7. The van der Waals surface area contributed by atoms with Gasteiger partial charge in [-0.15, -0.1) is 0 Å². The number of rotatable bonds is 4. The number of piperidine rings is 1. The van der Waals surface area contributed by atoms with Crippen LogP contribution in [-0.4, -0.2) is 55.9 Å². The number of imidazole rings is 1. The molecule has 1 fully saturated rings. The molecule has 1 atom stereocenters. The number of aromatic nitrogens is 4. The van der Waals surface area contributed by atoms with Gasteiger partial charge in [0.2, 0.25) is 5.91 Å². The van der Waals surface area contributed by atoms with Gasteiger partial charge in [-0.05, 0) is 37.0 Å². The molecule has 1 aliphatic rings. The van der Waals surface area contributed by atoms with Gasteiger partial charge in [-0.2, -0.15) is 0 Å². The summed E-state index contributed by atoms with van der Waals surface area (Å²) < 4.78 is 1.93. The molecule has 144 valence electrons. The molecule has 0 aliphatic carbocycles. The number of likely N-dealkylation sites (tertiary alicyclic amines) is 1. The Bertz CT molecular complexity index is 1000. The number of nitrogens with one attached hydrogen (secondary N) is 1. The Morgan fingerprint density at radius 2 is 2.14 bits per heavy atom. The molecule has 4 rings (SSSR count). The number of likely N-dealkylation sites (N-methyl/N-ethyl adjacent to an activating group) is 1. The minimum Gasteiger partial charge on any atom is -0.357 e. The zero-order valence-corrected chi connectivity index (χ0v) is 15.7. The van der Waals surface area contributed by atoms with E-state index in [0.717, 1.165) is 18.4 Å². The minimum absolute atomic E-state index is 0.122. The quantitative estimate of drug-likeness (QED) is 0.745. The van der Waals surface area contributed by atoms with Gasteiger partial charge in [0.15, 0.2) is 5.65 Å². The van der Waals surface area contributed by atoms with Gasteiger partial charge in [-0.25, -0.2) is 9.97 Å².